The van der Waals surface area contributed by atoms with Gasteiger partial charge in [-0.2, -0.15) is 0 Å². The first-order valence-electron chi connectivity index (χ1n) is 9.67. The van der Waals surface area contributed by atoms with Crippen molar-refractivity contribution in [2.75, 3.05) is 5.32 Å². The molecular weight excluding hydrogens is 354 g/mol. The van der Waals surface area contributed by atoms with Gasteiger partial charge in [0.25, 0.3) is 5.91 Å². The lowest BCUT2D eigenvalue weighted by Crippen LogP contribution is -2.53. The highest BCUT2D eigenvalue weighted by Gasteiger charge is 2.69. The van der Waals surface area contributed by atoms with E-state index in [2.05, 4.69) is 25.4 Å². The number of carbonyl (C=O) groups is 1. The Morgan fingerprint density at radius 3 is 3.14 bits per heavy atom. The van der Waals surface area contributed by atoms with Crippen LogP contribution in [0.25, 0.3) is 11.0 Å². The predicted octanol–water partition coefficient (Wildman–Crippen LogP) is 3.12. The van der Waals surface area contributed by atoms with Crippen molar-refractivity contribution >= 4 is 28.3 Å². The van der Waals surface area contributed by atoms with Gasteiger partial charge in [0.2, 0.25) is 5.60 Å². The molecule has 2 N–H and O–H groups in total. The Labute approximate surface area is 161 Å². The van der Waals surface area contributed by atoms with Gasteiger partial charge in [0.1, 0.15) is 5.65 Å². The number of hydrogen-bond donors (Lipinski definition) is 2. The molecule has 6 rings (SSSR count). The first-order valence-corrected chi connectivity index (χ1v) is 9.67. The molecule has 1 aliphatic heterocycles. The van der Waals surface area contributed by atoms with Crippen LogP contribution in [0.1, 0.15) is 24.8 Å². The second-order valence-corrected chi connectivity index (χ2v) is 7.94. The fourth-order valence-corrected chi connectivity index (χ4v) is 5.40. The van der Waals surface area contributed by atoms with Crippen LogP contribution < -0.4 is 5.32 Å². The van der Waals surface area contributed by atoms with Crippen molar-refractivity contribution in [1.29, 1.82) is 0 Å². The van der Waals surface area contributed by atoms with Crippen LogP contribution in [0.5, 0.6) is 0 Å². The van der Waals surface area contributed by atoms with Crippen molar-refractivity contribution in [3.63, 3.8) is 0 Å². The predicted molar refractivity (Wildman–Crippen MR) is 104 cm³/mol. The third kappa shape index (κ3) is 2.04. The number of aromatic amines is 1. The maximum atomic E-state index is 13.5. The van der Waals surface area contributed by atoms with Crippen molar-refractivity contribution in [2.24, 2.45) is 22.9 Å². The summed E-state index contributed by atoms with van der Waals surface area (Å²) in [6, 6.07) is 7.74. The number of hydrogen-bond acceptors (Lipinski definition) is 5. The number of amides is 1. The molecule has 2 bridgehead atoms. The van der Waals surface area contributed by atoms with Crippen LogP contribution in [-0.2, 0) is 9.63 Å². The van der Waals surface area contributed by atoms with Crippen molar-refractivity contribution in [1.82, 2.24) is 15.0 Å². The quantitative estimate of drug-likeness (QED) is 0.738. The third-order valence-corrected chi connectivity index (χ3v) is 6.57. The molecule has 3 aliphatic rings. The van der Waals surface area contributed by atoms with Gasteiger partial charge in [-0.3, -0.25) is 9.78 Å². The van der Waals surface area contributed by atoms with Crippen LogP contribution in [0.15, 0.2) is 54.2 Å². The van der Waals surface area contributed by atoms with Gasteiger partial charge in [0.05, 0.1) is 23.5 Å². The number of aromatic nitrogens is 3. The molecule has 28 heavy (non-hydrogen) atoms. The SMILES string of the molecule is O=C(Nc1cnc2[nH]ccc2c1)[C@]12ON=C(c3cccnc3)[C@H]1[C@@H]1CC[C@H]2C1. The number of anilines is 1. The first kappa shape index (κ1) is 15.8. The number of oxime groups is 1. The smallest absolute Gasteiger partial charge is 0.272 e. The first-order chi connectivity index (χ1) is 13.8. The molecule has 0 unspecified atom stereocenters. The Morgan fingerprint density at radius 2 is 2.25 bits per heavy atom. The summed E-state index contributed by atoms with van der Waals surface area (Å²) in [4.78, 5) is 31.1. The molecule has 4 heterocycles. The number of carbonyl (C=O) groups excluding carboxylic acids is 1. The Kier molecular flexibility index (Phi) is 3.18. The summed E-state index contributed by atoms with van der Waals surface area (Å²) in [5.74, 6) is 0.454. The highest BCUT2D eigenvalue weighted by molar-refractivity contribution is 6.10. The second-order valence-electron chi connectivity index (χ2n) is 7.94. The summed E-state index contributed by atoms with van der Waals surface area (Å²) in [7, 11) is 0. The summed E-state index contributed by atoms with van der Waals surface area (Å²) >= 11 is 0. The molecule has 2 aliphatic carbocycles. The lowest BCUT2D eigenvalue weighted by Gasteiger charge is -2.35. The molecule has 0 aromatic carbocycles. The van der Waals surface area contributed by atoms with E-state index in [9.17, 15) is 4.79 Å². The van der Waals surface area contributed by atoms with Crippen LogP contribution >= 0.6 is 0 Å². The van der Waals surface area contributed by atoms with Gasteiger partial charge in [-0.25, -0.2) is 4.98 Å². The van der Waals surface area contributed by atoms with Crippen LogP contribution in [0.4, 0.5) is 5.69 Å². The second kappa shape index (κ2) is 5.64. The molecule has 0 saturated heterocycles. The molecule has 4 atom stereocenters. The molecule has 7 nitrogen and oxygen atoms in total. The topological polar surface area (TPSA) is 92.3 Å². The van der Waals surface area contributed by atoms with Crippen LogP contribution in [0.3, 0.4) is 0 Å². The van der Waals surface area contributed by atoms with E-state index >= 15 is 0 Å². The van der Waals surface area contributed by atoms with E-state index in [4.69, 9.17) is 4.84 Å². The van der Waals surface area contributed by atoms with Crippen LogP contribution in [0.2, 0.25) is 0 Å². The van der Waals surface area contributed by atoms with Crippen molar-refractivity contribution in [3.05, 3.63) is 54.6 Å². The van der Waals surface area contributed by atoms with Gasteiger partial charge < -0.3 is 15.1 Å². The molecule has 1 amide bonds. The average molecular weight is 373 g/mol. The molecule has 3 aromatic heterocycles. The van der Waals surface area contributed by atoms with Crippen LogP contribution in [-0.4, -0.2) is 32.2 Å². The van der Waals surface area contributed by atoms with E-state index in [-0.39, 0.29) is 17.7 Å². The minimum Gasteiger partial charge on any atom is -0.378 e. The number of H-pyrrole nitrogens is 1. The number of rotatable bonds is 3. The van der Waals surface area contributed by atoms with Crippen molar-refractivity contribution in [2.45, 2.75) is 24.9 Å². The minimum atomic E-state index is -0.929. The molecule has 7 heteroatoms. The number of nitrogens with zero attached hydrogens (tertiary/aromatic N) is 3. The highest BCUT2D eigenvalue weighted by Crippen LogP contribution is 2.60. The van der Waals surface area contributed by atoms with Gasteiger partial charge in [0.15, 0.2) is 0 Å². The zero-order chi connectivity index (χ0) is 18.7. The molecule has 140 valence electrons. The Balaban J connectivity index is 1.35. The Morgan fingerprint density at radius 1 is 1.29 bits per heavy atom. The summed E-state index contributed by atoms with van der Waals surface area (Å²) in [6.07, 6.45) is 10.2. The minimum absolute atomic E-state index is 0.0283. The van der Waals surface area contributed by atoms with E-state index < -0.39 is 5.60 Å². The van der Waals surface area contributed by atoms with E-state index in [1.165, 1.54) is 0 Å². The molecule has 0 radical (unpaired) electrons. The monoisotopic (exact) mass is 373 g/mol. The van der Waals surface area contributed by atoms with Crippen molar-refractivity contribution in [3.8, 4) is 0 Å². The molecule has 2 fully saturated rings. The van der Waals surface area contributed by atoms with Gasteiger partial charge in [-0.15, -0.1) is 0 Å². The highest BCUT2D eigenvalue weighted by atomic mass is 16.7. The van der Waals surface area contributed by atoms with Gasteiger partial charge in [0, 0.05) is 35.5 Å². The fourth-order valence-electron chi connectivity index (χ4n) is 5.40. The summed E-state index contributed by atoms with van der Waals surface area (Å²) in [5, 5.41) is 8.42. The summed E-state index contributed by atoms with van der Waals surface area (Å²) in [5.41, 5.74) is 2.33. The summed E-state index contributed by atoms with van der Waals surface area (Å²) in [6.45, 7) is 0. The fraction of sp³-hybridized carbons (Fsp3) is 0.333. The zero-order valence-corrected chi connectivity index (χ0v) is 15.1. The lowest BCUT2D eigenvalue weighted by molar-refractivity contribution is -0.149. The normalized spacial score (nSPS) is 30.1. The Hall–Kier alpha value is -3.22. The molecule has 3 aromatic rings. The third-order valence-electron chi connectivity index (χ3n) is 6.57. The number of nitrogens with one attached hydrogen (secondary N) is 2. The average Bonchev–Trinajstić information content (AvgIpc) is 3.48. The standard InChI is InChI=1S/C21H19N5O2/c27-20(25-16-9-13-5-7-23-19(13)24-11-16)21-15-4-3-12(8-15)17(21)18(26-28-21)14-2-1-6-22-10-14/h1-2,5-7,9-12,15,17H,3-4,8H2,(H,23,24)(H,25,27)/t12-,15+,17-,21-/m1/s1. The van der Waals surface area contributed by atoms with Gasteiger partial charge in [-0.1, -0.05) is 5.16 Å². The van der Waals surface area contributed by atoms with Crippen LogP contribution in [0, 0.1) is 17.8 Å². The van der Waals surface area contributed by atoms with E-state index in [1.54, 1.807) is 18.6 Å². The summed E-state index contributed by atoms with van der Waals surface area (Å²) < 4.78 is 0. The molecule has 2 saturated carbocycles. The largest absolute Gasteiger partial charge is 0.378 e. The van der Waals surface area contributed by atoms with E-state index in [1.807, 2.05) is 30.5 Å². The van der Waals surface area contributed by atoms with Gasteiger partial charge in [-0.05, 0) is 49.4 Å². The lowest BCUT2D eigenvalue weighted by atomic mass is 9.72. The van der Waals surface area contributed by atoms with Crippen molar-refractivity contribution < 1.29 is 9.63 Å². The van der Waals surface area contributed by atoms with E-state index in [0.717, 1.165) is 41.6 Å². The maximum absolute atomic E-state index is 13.5. The number of pyridine rings is 2. The zero-order valence-electron chi connectivity index (χ0n) is 15.1. The Bertz CT molecular complexity index is 1110. The van der Waals surface area contributed by atoms with E-state index in [0.29, 0.717) is 11.6 Å². The molecular formula is C21H19N5O2. The molecule has 0 spiro atoms. The van der Waals surface area contributed by atoms with Gasteiger partial charge >= 0.3 is 0 Å². The maximum Gasteiger partial charge on any atom is 0.272 e. The number of fused-ring (bicyclic) bond motifs is 6.